The van der Waals surface area contributed by atoms with Crippen LogP contribution in [0.2, 0.25) is 0 Å². The van der Waals surface area contributed by atoms with Gasteiger partial charge in [0.15, 0.2) is 0 Å². The minimum absolute atomic E-state index is 0.505. The molecule has 0 saturated carbocycles. The van der Waals surface area contributed by atoms with Crippen LogP contribution in [0, 0.1) is 6.92 Å². The highest BCUT2D eigenvalue weighted by Gasteiger charge is 2.14. The molecule has 0 spiro atoms. The van der Waals surface area contributed by atoms with Crippen LogP contribution >= 0.6 is 0 Å². The highest BCUT2D eigenvalue weighted by molar-refractivity contribution is 5.83. The Balaban J connectivity index is 1.30. The zero-order valence-corrected chi connectivity index (χ0v) is 19.5. The number of rotatable bonds is 8. The molecule has 1 N–H and O–H groups in total. The summed E-state index contributed by atoms with van der Waals surface area (Å²) in [6.45, 7) is 6.36. The average molecular weight is 455 g/mol. The van der Waals surface area contributed by atoms with E-state index < -0.39 is 0 Å². The second kappa shape index (κ2) is 10.5. The van der Waals surface area contributed by atoms with Crippen LogP contribution < -0.4 is 9.64 Å². The summed E-state index contributed by atoms with van der Waals surface area (Å²) in [5.41, 5.74) is 6.74. The van der Waals surface area contributed by atoms with Crippen molar-refractivity contribution in [2.24, 2.45) is 4.99 Å². The monoisotopic (exact) mass is 454 g/mol. The number of aromatic nitrogens is 2. The molecule has 0 unspecified atom stereocenters. The van der Waals surface area contributed by atoms with Gasteiger partial charge in [0.05, 0.1) is 32.1 Å². The molecule has 5 rings (SSSR count). The third-order valence-electron chi connectivity index (χ3n) is 6.05. The van der Waals surface area contributed by atoms with Gasteiger partial charge in [-0.15, -0.1) is 0 Å². The van der Waals surface area contributed by atoms with Crippen LogP contribution in [-0.4, -0.2) is 49.1 Å². The normalized spacial score (nSPS) is 14.2. The summed E-state index contributed by atoms with van der Waals surface area (Å²) in [7, 11) is 0. The number of hydrogen-bond acceptors (Lipinski definition) is 5. The molecule has 1 saturated heterocycles. The molecule has 6 heteroatoms. The number of nitrogens with one attached hydrogen (secondary N) is 1. The molecule has 1 fully saturated rings. The lowest BCUT2D eigenvalue weighted by molar-refractivity contribution is 0.122. The Morgan fingerprint density at radius 1 is 1.09 bits per heavy atom. The molecule has 2 aromatic carbocycles. The van der Waals surface area contributed by atoms with Crippen molar-refractivity contribution in [1.29, 1.82) is 0 Å². The average Bonchev–Trinajstić information content (AvgIpc) is 3.28. The molecule has 0 bridgehead atoms. The van der Waals surface area contributed by atoms with Crippen molar-refractivity contribution in [3.63, 3.8) is 0 Å². The summed E-state index contributed by atoms with van der Waals surface area (Å²) >= 11 is 0. The van der Waals surface area contributed by atoms with Gasteiger partial charge in [-0.05, 0) is 30.2 Å². The van der Waals surface area contributed by atoms with Crippen molar-refractivity contribution in [2.45, 2.75) is 19.9 Å². The Kier molecular flexibility index (Phi) is 6.86. The summed E-state index contributed by atoms with van der Waals surface area (Å²) in [5.74, 6) is 0.643. The van der Waals surface area contributed by atoms with Gasteiger partial charge in [0.2, 0.25) is 5.88 Å². The quantitative estimate of drug-likeness (QED) is 0.383. The number of pyridine rings is 1. The lowest BCUT2D eigenvalue weighted by atomic mass is 10.1. The topological polar surface area (TPSA) is 62.7 Å². The maximum Gasteiger partial charge on any atom is 0.215 e. The Bertz CT molecular complexity index is 1270. The zero-order valence-electron chi connectivity index (χ0n) is 19.5. The maximum atomic E-state index is 6.15. The number of para-hydroxylation sites is 1. The van der Waals surface area contributed by atoms with Gasteiger partial charge in [0.1, 0.15) is 0 Å². The maximum absolute atomic E-state index is 6.15. The standard InChI is InChI=1S/C28H30N4O2/c1-21-5-4-6-22(15-21)18-29-20-24-16-25(32-10-13-33-14-11-32)17-28(31-24)34-12-9-23-19-30-27-8-3-2-7-26(23)27/h2-8,15-19,30H,9-14,20H2,1H3. The molecule has 4 aromatic rings. The first-order chi connectivity index (χ1) is 16.7. The van der Waals surface area contributed by atoms with Gasteiger partial charge in [0, 0.05) is 54.6 Å². The summed E-state index contributed by atoms with van der Waals surface area (Å²) in [4.78, 5) is 15.1. The molecule has 1 aliphatic heterocycles. The Hall–Kier alpha value is -3.64. The number of ether oxygens (including phenoxy) is 2. The second-order valence-corrected chi connectivity index (χ2v) is 8.60. The summed E-state index contributed by atoms with van der Waals surface area (Å²) in [6, 6.07) is 20.8. The van der Waals surface area contributed by atoms with E-state index in [4.69, 9.17) is 14.5 Å². The van der Waals surface area contributed by atoms with E-state index in [1.54, 1.807) is 0 Å². The third-order valence-corrected chi connectivity index (χ3v) is 6.05. The van der Waals surface area contributed by atoms with Crippen LogP contribution in [0.3, 0.4) is 0 Å². The van der Waals surface area contributed by atoms with E-state index in [1.165, 1.54) is 16.5 Å². The Labute approximate surface area is 200 Å². The van der Waals surface area contributed by atoms with E-state index in [-0.39, 0.29) is 0 Å². The molecule has 0 amide bonds. The highest BCUT2D eigenvalue weighted by atomic mass is 16.5. The van der Waals surface area contributed by atoms with Crippen LogP contribution in [0.4, 0.5) is 5.69 Å². The number of morpholine rings is 1. The molecule has 1 aliphatic rings. The van der Waals surface area contributed by atoms with Crippen molar-refractivity contribution in [1.82, 2.24) is 9.97 Å². The first-order valence-corrected chi connectivity index (χ1v) is 11.8. The molecule has 3 heterocycles. The largest absolute Gasteiger partial charge is 0.477 e. The van der Waals surface area contributed by atoms with E-state index in [1.807, 2.05) is 24.4 Å². The number of nitrogens with zero attached hydrogens (tertiary/aromatic N) is 3. The number of fused-ring (bicyclic) bond motifs is 1. The van der Waals surface area contributed by atoms with Crippen molar-refractivity contribution >= 4 is 22.8 Å². The number of H-pyrrole nitrogens is 1. The van der Waals surface area contributed by atoms with Crippen LogP contribution in [0.5, 0.6) is 5.88 Å². The van der Waals surface area contributed by atoms with Crippen LogP contribution in [-0.2, 0) is 17.7 Å². The molecule has 174 valence electrons. The number of aliphatic imine (C=N–C) groups is 1. The molecule has 34 heavy (non-hydrogen) atoms. The second-order valence-electron chi connectivity index (χ2n) is 8.60. The molecule has 0 radical (unpaired) electrons. The van der Waals surface area contributed by atoms with Gasteiger partial charge < -0.3 is 19.4 Å². The first kappa shape index (κ1) is 22.2. The van der Waals surface area contributed by atoms with Crippen molar-refractivity contribution < 1.29 is 9.47 Å². The number of hydrogen-bond donors (Lipinski definition) is 1. The Morgan fingerprint density at radius 2 is 1.97 bits per heavy atom. The number of anilines is 1. The van der Waals surface area contributed by atoms with E-state index >= 15 is 0 Å². The first-order valence-electron chi connectivity index (χ1n) is 11.8. The SMILES string of the molecule is Cc1cccc(C=NCc2cc(N3CCOCC3)cc(OCCc3c[nH]c4ccccc34)n2)c1. The molecular formula is C28H30N4O2. The minimum Gasteiger partial charge on any atom is -0.477 e. The summed E-state index contributed by atoms with van der Waals surface area (Å²) in [5, 5.41) is 1.24. The molecule has 2 aromatic heterocycles. The highest BCUT2D eigenvalue weighted by Crippen LogP contribution is 2.24. The fourth-order valence-electron chi connectivity index (χ4n) is 4.30. The third kappa shape index (κ3) is 5.46. The number of benzene rings is 2. The number of aryl methyl sites for hydroxylation is 1. The van der Waals surface area contributed by atoms with E-state index in [9.17, 15) is 0 Å². The van der Waals surface area contributed by atoms with E-state index in [2.05, 4.69) is 70.5 Å². The fourth-order valence-corrected chi connectivity index (χ4v) is 4.30. The van der Waals surface area contributed by atoms with E-state index in [0.717, 1.165) is 55.2 Å². The molecule has 6 nitrogen and oxygen atoms in total. The van der Waals surface area contributed by atoms with Gasteiger partial charge in [-0.1, -0.05) is 48.0 Å². The molecule has 0 atom stereocenters. The predicted molar refractivity (Wildman–Crippen MR) is 137 cm³/mol. The van der Waals surface area contributed by atoms with Crippen LogP contribution in [0.25, 0.3) is 10.9 Å². The van der Waals surface area contributed by atoms with Gasteiger partial charge in [-0.25, -0.2) is 4.98 Å². The van der Waals surface area contributed by atoms with Crippen molar-refractivity contribution in [3.8, 4) is 5.88 Å². The molecule has 0 aliphatic carbocycles. The van der Waals surface area contributed by atoms with Gasteiger partial charge in [-0.2, -0.15) is 0 Å². The van der Waals surface area contributed by atoms with Gasteiger partial charge in [0.25, 0.3) is 0 Å². The summed E-state index contributed by atoms with van der Waals surface area (Å²) in [6.07, 6.45) is 4.79. The van der Waals surface area contributed by atoms with Crippen LogP contribution in [0.15, 0.2) is 71.9 Å². The van der Waals surface area contributed by atoms with Gasteiger partial charge in [-0.3, -0.25) is 4.99 Å². The van der Waals surface area contributed by atoms with Crippen LogP contribution in [0.1, 0.15) is 22.4 Å². The Morgan fingerprint density at radius 3 is 2.85 bits per heavy atom. The summed E-state index contributed by atoms with van der Waals surface area (Å²) < 4.78 is 11.7. The number of aromatic amines is 1. The lowest BCUT2D eigenvalue weighted by Gasteiger charge is -2.29. The van der Waals surface area contributed by atoms with Gasteiger partial charge >= 0.3 is 0 Å². The van der Waals surface area contributed by atoms with Crippen molar-refractivity contribution in [2.75, 3.05) is 37.8 Å². The fraction of sp³-hybridized carbons (Fsp3) is 0.286. The van der Waals surface area contributed by atoms with E-state index in [0.29, 0.717) is 19.0 Å². The molecular weight excluding hydrogens is 424 g/mol. The predicted octanol–water partition coefficient (Wildman–Crippen LogP) is 4.95. The minimum atomic E-state index is 0.505. The zero-order chi connectivity index (χ0) is 23.2. The smallest absolute Gasteiger partial charge is 0.215 e. The van der Waals surface area contributed by atoms with Crippen molar-refractivity contribution in [3.05, 3.63) is 89.2 Å². The lowest BCUT2D eigenvalue weighted by Crippen LogP contribution is -2.36.